The lowest BCUT2D eigenvalue weighted by atomic mass is 10.1. The third-order valence-electron chi connectivity index (χ3n) is 2.95. The highest BCUT2D eigenvalue weighted by Gasteiger charge is 2.11. The molecule has 1 aromatic rings. The molecule has 0 spiro atoms. The van der Waals surface area contributed by atoms with E-state index in [2.05, 4.69) is 24.4 Å². The van der Waals surface area contributed by atoms with Crippen LogP contribution in [0.15, 0.2) is 30.3 Å². The normalized spacial score (nSPS) is 12.4. The molecule has 1 atom stereocenters. The summed E-state index contributed by atoms with van der Waals surface area (Å²) >= 11 is 0. The van der Waals surface area contributed by atoms with Crippen molar-refractivity contribution in [1.82, 2.24) is 5.32 Å². The summed E-state index contributed by atoms with van der Waals surface area (Å²) in [5.74, 6) is 0.250. The lowest BCUT2D eigenvalue weighted by Gasteiger charge is -2.17. The maximum atomic E-state index is 11.5. The Balaban J connectivity index is 2.28. The molecule has 1 aromatic carbocycles. The number of benzene rings is 1. The van der Waals surface area contributed by atoms with Gasteiger partial charge in [0.15, 0.2) is 0 Å². The topological polar surface area (TPSA) is 38.3 Å². The van der Waals surface area contributed by atoms with Crippen molar-refractivity contribution in [2.75, 3.05) is 6.61 Å². The molecule has 0 amide bonds. The molecule has 0 saturated heterocycles. The van der Waals surface area contributed by atoms with Gasteiger partial charge < -0.3 is 10.1 Å². The number of hydrogen-bond donors (Lipinski definition) is 1. The summed E-state index contributed by atoms with van der Waals surface area (Å²) in [7, 11) is 0. The van der Waals surface area contributed by atoms with Crippen molar-refractivity contribution >= 4 is 5.97 Å². The van der Waals surface area contributed by atoms with Gasteiger partial charge in [0.1, 0.15) is 6.61 Å². The van der Waals surface area contributed by atoms with Crippen molar-refractivity contribution in [1.29, 1.82) is 0 Å². The van der Waals surface area contributed by atoms with Gasteiger partial charge in [-0.05, 0) is 17.9 Å². The van der Waals surface area contributed by atoms with E-state index in [1.165, 1.54) is 5.56 Å². The van der Waals surface area contributed by atoms with Crippen LogP contribution in [-0.4, -0.2) is 18.6 Å². The van der Waals surface area contributed by atoms with Crippen molar-refractivity contribution < 1.29 is 9.53 Å². The average molecular weight is 263 g/mol. The summed E-state index contributed by atoms with van der Waals surface area (Å²) in [6.45, 7) is 7.40. The zero-order valence-corrected chi connectivity index (χ0v) is 12.2. The molecule has 3 heteroatoms. The quantitative estimate of drug-likeness (QED) is 0.732. The monoisotopic (exact) mass is 263 g/mol. The van der Waals surface area contributed by atoms with Crippen LogP contribution in [0, 0.1) is 5.92 Å². The van der Waals surface area contributed by atoms with Crippen LogP contribution in [0.2, 0.25) is 0 Å². The molecule has 0 aliphatic carbocycles. The molecule has 1 rings (SSSR count). The first-order chi connectivity index (χ1) is 9.11. The SMILES string of the molecule is CCC(COC(=O)CC(C)C)NCc1ccccc1. The van der Waals surface area contributed by atoms with Crippen molar-refractivity contribution in [3.63, 3.8) is 0 Å². The molecule has 0 heterocycles. The number of carbonyl (C=O) groups excluding carboxylic acids is 1. The van der Waals surface area contributed by atoms with E-state index in [0.29, 0.717) is 18.9 Å². The molecule has 0 aliphatic rings. The Morgan fingerprint density at radius 3 is 2.53 bits per heavy atom. The fourth-order valence-electron chi connectivity index (χ4n) is 1.76. The van der Waals surface area contributed by atoms with E-state index >= 15 is 0 Å². The van der Waals surface area contributed by atoms with Crippen LogP contribution in [0.25, 0.3) is 0 Å². The third-order valence-corrected chi connectivity index (χ3v) is 2.95. The second-order valence-corrected chi connectivity index (χ2v) is 5.25. The molecule has 1 unspecified atom stereocenters. The maximum Gasteiger partial charge on any atom is 0.306 e. The van der Waals surface area contributed by atoms with Crippen molar-refractivity contribution in [2.24, 2.45) is 5.92 Å². The van der Waals surface area contributed by atoms with Crippen LogP contribution in [0.5, 0.6) is 0 Å². The lowest BCUT2D eigenvalue weighted by Crippen LogP contribution is -2.33. The number of nitrogens with one attached hydrogen (secondary N) is 1. The highest BCUT2D eigenvalue weighted by Crippen LogP contribution is 2.04. The molecule has 0 aromatic heterocycles. The zero-order chi connectivity index (χ0) is 14.1. The van der Waals surface area contributed by atoms with Crippen LogP contribution in [-0.2, 0) is 16.1 Å². The van der Waals surface area contributed by atoms with Crippen LogP contribution in [0.3, 0.4) is 0 Å². The van der Waals surface area contributed by atoms with Crippen LogP contribution < -0.4 is 5.32 Å². The molecule has 0 radical (unpaired) electrons. The van der Waals surface area contributed by atoms with Gasteiger partial charge in [-0.15, -0.1) is 0 Å². The molecule has 106 valence electrons. The van der Waals surface area contributed by atoms with Gasteiger partial charge in [-0.1, -0.05) is 51.1 Å². The standard InChI is InChI=1S/C16H25NO2/c1-4-15(12-19-16(18)10-13(2)3)17-11-14-8-6-5-7-9-14/h5-9,13,15,17H,4,10-12H2,1-3H3. The molecule has 0 aliphatic heterocycles. The Bertz CT molecular complexity index is 362. The molecule has 0 saturated carbocycles. The Labute approximate surface area is 116 Å². The minimum atomic E-state index is -0.102. The number of ether oxygens (including phenoxy) is 1. The van der Waals surface area contributed by atoms with Crippen molar-refractivity contribution in [2.45, 2.75) is 46.2 Å². The number of esters is 1. The summed E-state index contributed by atoms with van der Waals surface area (Å²) in [6, 6.07) is 10.5. The van der Waals surface area contributed by atoms with Crippen molar-refractivity contribution in [3.05, 3.63) is 35.9 Å². The highest BCUT2D eigenvalue weighted by molar-refractivity contribution is 5.69. The summed E-state index contributed by atoms with van der Waals surface area (Å²) < 4.78 is 5.29. The number of carbonyl (C=O) groups is 1. The van der Waals surface area contributed by atoms with Gasteiger partial charge in [0, 0.05) is 19.0 Å². The Morgan fingerprint density at radius 2 is 1.95 bits per heavy atom. The smallest absolute Gasteiger partial charge is 0.306 e. The van der Waals surface area contributed by atoms with Crippen LogP contribution in [0.1, 0.15) is 39.2 Å². The summed E-state index contributed by atoms with van der Waals surface area (Å²) in [4.78, 5) is 11.5. The Hall–Kier alpha value is -1.35. The van der Waals surface area contributed by atoms with Gasteiger partial charge in [0.25, 0.3) is 0 Å². The van der Waals surface area contributed by atoms with Crippen LogP contribution in [0.4, 0.5) is 0 Å². The second kappa shape index (κ2) is 8.70. The average Bonchev–Trinajstić information content (AvgIpc) is 2.39. The number of hydrogen-bond acceptors (Lipinski definition) is 3. The first-order valence-electron chi connectivity index (χ1n) is 7.04. The minimum absolute atomic E-state index is 0.102. The first kappa shape index (κ1) is 15.7. The third kappa shape index (κ3) is 6.97. The van der Waals surface area contributed by atoms with E-state index in [0.717, 1.165) is 13.0 Å². The van der Waals surface area contributed by atoms with Gasteiger partial charge in [0.05, 0.1) is 0 Å². The summed E-state index contributed by atoms with van der Waals surface area (Å²) in [6.07, 6.45) is 1.44. The fourth-order valence-corrected chi connectivity index (χ4v) is 1.76. The molecule has 19 heavy (non-hydrogen) atoms. The van der Waals surface area contributed by atoms with Gasteiger partial charge in [-0.3, -0.25) is 4.79 Å². The van der Waals surface area contributed by atoms with Gasteiger partial charge in [0.2, 0.25) is 0 Å². The van der Waals surface area contributed by atoms with Crippen molar-refractivity contribution in [3.8, 4) is 0 Å². The largest absolute Gasteiger partial charge is 0.464 e. The maximum absolute atomic E-state index is 11.5. The highest BCUT2D eigenvalue weighted by atomic mass is 16.5. The Morgan fingerprint density at radius 1 is 1.26 bits per heavy atom. The molecular formula is C16H25NO2. The molecule has 3 nitrogen and oxygen atoms in total. The van der Waals surface area contributed by atoms with E-state index in [1.807, 2.05) is 32.0 Å². The zero-order valence-electron chi connectivity index (χ0n) is 12.2. The lowest BCUT2D eigenvalue weighted by molar-refractivity contribution is -0.145. The molecule has 0 fully saturated rings. The predicted molar refractivity (Wildman–Crippen MR) is 77.8 cm³/mol. The van der Waals surface area contributed by atoms with E-state index in [1.54, 1.807) is 0 Å². The minimum Gasteiger partial charge on any atom is -0.464 e. The van der Waals surface area contributed by atoms with E-state index < -0.39 is 0 Å². The van der Waals surface area contributed by atoms with Gasteiger partial charge in [-0.2, -0.15) is 0 Å². The number of rotatable bonds is 8. The first-order valence-corrected chi connectivity index (χ1v) is 7.04. The summed E-state index contributed by atoms with van der Waals surface area (Å²) in [5, 5.41) is 3.42. The Kier molecular flexibility index (Phi) is 7.19. The van der Waals surface area contributed by atoms with Gasteiger partial charge >= 0.3 is 5.97 Å². The van der Waals surface area contributed by atoms with E-state index in [9.17, 15) is 4.79 Å². The molecule has 0 bridgehead atoms. The second-order valence-electron chi connectivity index (χ2n) is 5.25. The van der Waals surface area contributed by atoms with Crippen LogP contribution >= 0.6 is 0 Å². The molecular weight excluding hydrogens is 238 g/mol. The summed E-state index contributed by atoms with van der Waals surface area (Å²) in [5.41, 5.74) is 1.24. The van der Waals surface area contributed by atoms with E-state index in [4.69, 9.17) is 4.74 Å². The fraction of sp³-hybridized carbons (Fsp3) is 0.562. The molecule has 1 N–H and O–H groups in total. The van der Waals surface area contributed by atoms with Gasteiger partial charge in [-0.25, -0.2) is 0 Å². The van der Waals surface area contributed by atoms with E-state index in [-0.39, 0.29) is 12.0 Å². The predicted octanol–water partition coefficient (Wildman–Crippen LogP) is 3.14.